The number of nitrogens with zero attached hydrogens (tertiary/aromatic N) is 5. The van der Waals surface area contributed by atoms with Crippen LogP contribution in [0.15, 0.2) is 42.7 Å². The van der Waals surface area contributed by atoms with Crippen molar-refractivity contribution in [3.05, 3.63) is 70.8 Å². The minimum Gasteiger partial charge on any atom is -0.278 e. The van der Waals surface area contributed by atoms with Gasteiger partial charge in [0.15, 0.2) is 5.13 Å². The number of carbonyl (C=O) groups excluding carboxylic acids is 1. The Balaban J connectivity index is 1.82. The van der Waals surface area contributed by atoms with Gasteiger partial charge in [-0.05, 0) is 75.6 Å². The number of fused-ring (bicyclic) bond motifs is 1. The molecule has 0 saturated carbocycles. The van der Waals surface area contributed by atoms with Gasteiger partial charge in [-0.2, -0.15) is 5.10 Å². The van der Waals surface area contributed by atoms with Gasteiger partial charge in [0.05, 0.1) is 22.5 Å². The van der Waals surface area contributed by atoms with Crippen molar-refractivity contribution < 1.29 is 4.79 Å². The number of hydrogen-bond donors (Lipinski definition) is 0. The maximum absolute atomic E-state index is 13.7. The third-order valence-corrected chi connectivity index (χ3v) is 6.14. The zero-order valence-corrected chi connectivity index (χ0v) is 18.7. The van der Waals surface area contributed by atoms with E-state index in [-0.39, 0.29) is 11.9 Å². The number of aryl methyl sites for hydroxylation is 3. The van der Waals surface area contributed by atoms with E-state index in [1.54, 1.807) is 22.0 Å². The number of benzene rings is 1. The van der Waals surface area contributed by atoms with Gasteiger partial charge in [-0.15, -0.1) is 0 Å². The summed E-state index contributed by atoms with van der Waals surface area (Å²) in [7, 11) is 0. The molecule has 6 nitrogen and oxygen atoms in total. The van der Waals surface area contributed by atoms with Crippen LogP contribution in [-0.2, 0) is 6.54 Å². The lowest BCUT2D eigenvalue weighted by atomic mass is 10.1. The zero-order valence-electron chi connectivity index (χ0n) is 17.9. The van der Waals surface area contributed by atoms with Crippen LogP contribution >= 0.6 is 11.3 Å². The highest BCUT2D eigenvalue weighted by Gasteiger charge is 2.26. The Labute approximate surface area is 180 Å². The van der Waals surface area contributed by atoms with E-state index in [0.29, 0.717) is 17.4 Å². The van der Waals surface area contributed by atoms with Crippen molar-refractivity contribution in [2.75, 3.05) is 4.90 Å². The largest absolute Gasteiger partial charge is 0.278 e. The fourth-order valence-corrected chi connectivity index (χ4v) is 4.44. The Morgan fingerprint density at radius 1 is 1.17 bits per heavy atom. The van der Waals surface area contributed by atoms with Crippen molar-refractivity contribution in [2.45, 2.75) is 47.2 Å². The molecule has 154 valence electrons. The molecular formula is C23H25N5OS. The summed E-state index contributed by atoms with van der Waals surface area (Å²) in [5.74, 6) is -0.111. The summed E-state index contributed by atoms with van der Waals surface area (Å²) in [5.41, 5.74) is 5.66. The fourth-order valence-electron chi connectivity index (χ4n) is 3.39. The second-order valence-corrected chi connectivity index (χ2v) is 8.87. The molecule has 3 aromatic heterocycles. The monoisotopic (exact) mass is 419 g/mol. The van der Waals surface area contributed by atoms with Crippen molar-refractivity contribution in [3.63, 3.8) is 0 Å². The molecule has 0 spiro atoms. The smallest absolute Gasteiger partial charge is 0.278 e. The second kappa shape index (κ2) is 7.99. The zero-order chi connectivity index (χ0) is 21.4. The molecule has 30 heavy (non-hydrogen) atoms. The number of amides is 1. The average Bonchev–Trinajstić information content (AvgIpc) is 3.30. The van der Waals surface area contributed by atoms with Crippen molar-refractivity contribution in [2.24, 2.45) is 0 Å². The molecule has 1 aromatic carbocycles. The summed E-state index contributed by atoms with van der Waals surface area (Å²) in [4.78, 5) is 24.5. The van der Waals surface area contributed by atoms with Crippen molar-refractivity contribution in [1.29, 1.82) is 0 Å². The van der Waals surface area contributed by atoms with E-state index in [9.17, 15) is 4.79 Å². The quantitative estimate of drug-likeness (QED) is 0.444. The molecule has 0 N–H and O–H groups in total. The van der Waals surface area contributed by atoms with Crippen LogP contribution in [0.25, 0.3) is 10.2 Å². The van der Waals surface area contributed by atoms with Gasteiger partial charge in [0.1, 0.15) is 5.69 Å². The van der Waals surface area contributed by atoms with Crippen LogP contribution < -0.4 is 4.90 Å². The summed E-state index contributed by atoms with van der Waals surface area (Å²) >= 11 is 1.54. The number of rotatable bonds is 5. The molecule has 4 aromatic rings. The van der Waals surface area contributed by atoms with Gasteiger partial charge < -0.3 is 0 Å². The molecular weight excluding hydrogens is 394 g/mol. The lowest BCUT2D eigenvalue weighted by Gasteiger charge is -2.21. The Kier molecular flexibility index (Phi) is 5.39. The Bertz CT molecular complexity index is 1170. The highest BCUT2D eigenvalue weighted by atomic mass is 32.1. The molecule has 3 heterocycles. The van der Waals surface area contributed by atoms with Crippen molar-refractivity contribution in [3.8, 4) is 0 Å². The van der Waals surface area contributed by atoms with Crippen LogP contribution in [0, 0.1) is 20.8 Å². The predicted molar refractivity (Wildman–Crippen MR) is 121 cm³/mol. The van der Waals surface area contributed by atoms with Gasteiger partial charge in [-0.25, -0.2) is 4.98 Å². The number of anilines is 1. The molecule has 0 fully saturated rings. The summed E-state index contributed by atoms with van der Waals surface area (Å²) in [6.07, 6.45) is 3.52. The van der Waals surface area contributed by atoms with E-state index in [0.717, 1.165) is 21.5 Å². The molecule has 0 aliphatic rings. The topological polar surface area (TPSA) is 63.9 Å². The predicted octanol–water partition coefficient (Wildman–Crippen LogP) is 5.24. The first-order valence-corrected chi connectivity index (χ1v) is 10.8. The second-order valence-electron chi connectivity index (χ2n) is 7.86. The van der Waals surface area contributed by atoms with Gasteiger partial charge in [-0.1, -0.05) is 17.4 Å². The maximum atomic E-state index is 13.7. The van der Waals surface area contributed by atoms with E-state index in [4.69, 9.17) is 4.98 Å². The summed E-state index contributed by atoms with van der Waals surface area (Å²) in [5, 5.41) is 5.20. The standard InChI is InChI=1S/C23H25N5OS/c1-14(2)28-20(11-17(5)26-28)22(29)27(13-18-7-6-8-24-12-18)23-25-19-9-15(3)16(4)10-21(19)30-23/h6-12,14H,13H2,1-5H3. The first-order chi connectivity index (χ1) is 14.3. The van der Waals surface area contributed by atoms with E-state index < -0.39 is 0 Å². The molecule has 1 amide bonds. The number of aromatic nitrogens is 4. The minimum absolute atomic E-state index is 0.0820. The van der Waals surface area contributed by atoms with Crippen LogP contribution in [0.5, 0.6) is 0 Å². The van der Waals surface area contributed by atoms with Gasteiger partial charge >= 0.3 is 0 Å². The van der Waals surface area contributed by atoms with Crippen LogP contribution in [0.3, 0.4) is 0 Å². The minimum atomic E-state index is -0.111. The molecule has 0 unspecified atom stereocenters. The van der Waals surface area contributed by atoms with Gasteiger partial charge in [0, 0.05) is 18.4 Å². The molecule has 0 aliphatic carbocycles. The Morgan fingerprint density at radius 3 is 2.63 bits per heavy atom. The number of thiazole rings is 1. The first-order valence-electron chi connectivity index (χ1n) is 9.98. The van der Waals surface area contributed by atoms with Crippen LogP contribution in [-0.4, -0.2) is 25.7 Å². The molecule has 7 heteroatoms. The molecule has 0 saturated heterocycles. The van der Waals surface area contributed by atoms with Gasteiger partial charge in [-0.3, -0.25) is 19.4 Å². The maximum Gasteiger partial charge on any atom is 0.278 e. The SMILES string of the molecule is Cc1cc(C(=O)N(Cc2cccnc2)c2nc3cc(C)c(C)cc3s2)n(C(C)C)n1. The van der Waals surface area contributed by atoms with Gasteiger partial charge in [0.2, 0.25) is 0 Å². The lowest BCUT2D eigenvalue weighted by molar-refractivity contribution is 0.0973. The van der Waals surface area contributed by atoms with E-state index in [2.05, 4.69) is 36.1 Å². The molecule has 0 atom stereocenters. The number of hydrogen-bond acceptors (Lipinski definition) is 5. The van der Waals surface area contributed by atoms with E-state index >= 15 is 0 Å². The number of carbonyl (C=O) groups is 1. The third kappa shape index (κ3) is 3.85. The van der Waals surface area contributed by atoms with E-state index in [1.165, 1.54) is 22.5 Å². The summed E-state index contributed by atoms with van der Waals surface area (Å²) in [6.45, 7) is 10.5. The fraction of sp³-hybridized carbons (Fsp3) is 0.304. The van der Waals surface area contributed by atoms with Crippen molar-refractivity contribution in [1.82, 2.24) is 19.7 Å². The van der Waals surface area contributed by atoms with Crippen molar-refractivity contribution >= 4 is 32.6 Å². The summed E-state index contributed by atoms with van der Waals surface area (Å²) in [6, 6.07) is 10.0. The van der Waals surface area contributed by atoms with Crippen LogP contribution in [0.1, 0.15) is 52.8 Å². The highest BCUT2D eigenvalue weighted by Crippen LogP contribution is 2.32. The van der Waals surface area contributed by atoms with Crippen LogP contribution in [0.2, 0.25) is 0 Å². The molecule has 0 aliphatic heterocycles. The third-order valence-electron chi connectivity index (χ3n) is 5.10. The first kappa shape index (κ1) is 20.2. The Morgan fingerprint density at radius 2 is 1.93 bits per heavy atom. The normalized spacial score (nSPS) is 11.4. The lowest BCUT2D eigenvalue weighted by Crippen LogP contribution is -2.32. The molecule has 0 bridgehead atoms. The summed E-state index contributed by atoms with van der Waals surface area (Å²) < 4.78 is 2.86. The molecule has 0 radical (unpaired) electrons. The number of pyridine rings is 1. The molecule has 4 rings (SSSR count). The highest BCUT2D eigenvalue weighted by molar-refractivity contribution is 7.22. The average molecular weight is 420 g/mol. The van der Waals surface area contributed by atoms with Gasteiger partial charge in [0.25, 0.3) is 5.91 Å². The van der Waals surface area contributed by atoms with Crippen LogP contribution in [0.4, 0.5) is 5.13 Å². The Hall–Kier alpha value is -3.06. The van der Waals surface area contributed by atoms with E-state index in [1.807, 2.05) is 39.0 Å².